The molecule has 2 aromatic carbocycles. The molecule has 26 heavy (non-hydrogen) atoms. The van der Waals surface area contributed by atoms with Crippen molar-refractivity contribution in [2.24, 2.45) is 0 Å². The van der Waals surface area contributed by atoms with Crippen LogP contribution in [0.4, 0.5) is 0 Å². The quantitative estimate of drug-likeness (QED) is 0.492. The number of phenols is 2. The molecule has 0 saturated carbocycles. The lowest BCUT2D eigenvalue weighted by Crippen LogP contribution is -2.21. The first-order chi connectivity index (χ1) is 12.4. The van der Waals surface area contributed by atoms with Crippen molar-refractivity contribution in [1.82, 2.24) is 0 Å². The first kappa shape index (κ1) is 17.6. The summed E-state index contributed by atoms with van der Waals surface area (Å²) in [6.07, 6.45) is -0.0427. The first-order valence-electron chi connectivity index (χ1n) is 7.89. The second-order valence-electron chi connectivity index (χ2n) is 5.93. The molecule has 2 aromatic rings. The Hall–Kier alpha value is -3.22. The van der Waals surface area contributed by atoms with Crippen molar-refractivity contribution in [3.8, 4) is 28.7 Å². The molecule has 1 aliphatic heterocycles. The third-order valence-electron chi connectivity index (χ3n) is 4.40. The van der Waals surface area contributed by atoms with Crippen LogP contribution < -0.4 is 14.2 Å². The Balaban J connectivity index is 2.23. The molecule has 7 nitrogen and oxygen atoms in total. The van der Waals surface area contributed by atoms with E-state index < -0.39 is 11.9 Å². The van der Waals surface area contributed by atoms with Gasteiger partial charge in [0.25, 0.3) is 0 Å². The van der Waals surface area contributed by atoms with Gasteiger partial charge in [-0.1, -0.05) is 0 Å². The number of carbonyl (C=O) groups excluding carboxylic acids is 2. The van der Waals surface area contributed by atoms with Gasteiger partial charge < -0.3 is 24.4 Å². The minimum absolute atomic E-state index is 0.0427. The van der Waals surface area contributed by atoms with Crippen LogP contribution in [0.25, 0.3) is 0 Å². The van der Waals surface area contributed by atoms with Crippen molar-refractivity contribution in [2.45, 2.75) is 19.3 Å². The number of hydrogen-bond acceptors (Lipinski definition) is 7. The van der Waals surface area contributed by atoms with Gasteiger partial charge in [-0.05, 0) is 36.8 Å². The number of aromatic hydroxyl groups is 2. The molecule has 1 atom stereocenters. The zero-order valence-electron chi connectivity index (χ0n) is 14.5. The third-order valence-corrected chi connectivity index (χ3v) is 4.40. The fraction of sp³-hybridized carbons (Fsp3) is 0.263. The number of esters is 1. The zero-order valence-corrected chi connectivity index (χ0v) is 14.5. The summed E-state index contributed by atoms with van der Waals surface area (Å²) in [6, 6.07) is 6.03. The van der Waals surface area contributed by atoms with Crippen LogP contribution in [-0.4, -0.2) is 36.2 Å². The number of hydrogen-bond donors (Lipinski definition) is 2. The molecule has 0 unspecified atom stereocenters. The Morgan fingerprint density at radius 2 is 1.73 bits per heavy atom. The van der Waals surface area contributed by atoms with Crippen LogP contribution in [0.3, 0.4) is 0 Å². The van der Waals surface area contributed by atoms with E-state index in [2.05, 4.69) is 0 Å². The molecule has 136 valence electrons. The van der Waals surface area contributed by atoms with Gasteiger partial charge in [0.15, 0.2) is 17.3 Å². The molecular formula is C19H18O7. The lowest BCUT2D eigenvalue weighted by atomic mass is 9.84. The second kappa shape index (κ2) is 6.59. The number of carbonyl (C=O) groups is 2. The van der Waals surface area contributed by atoms with E-state index in [9.17, 15) is 19.8 Å². The van der Waals surface area contributed by atoms with Crippen LogP contribution in [0.1, 0.15) is 40.7 Å². The van der Waals surface area contributed by atoms with Crippen LogP contribution >= 0.6 is 0 Å². The number of ketones is 1. The minimum atomic E-state index is -0.589. The van der Waals surface area contributed by atoms with E-state index in [0.717, 1.165) is 0 Å². The van der Waals surface area contributed by atoms with Gasteiger partial charge in [0, 0.05) is 11.5 Å². The van der Waals surface area contributed by atoms with Gasteiger partial charge in [-0.3, -0.25) is 9.59 Å². The summed E-state index contributed by atoms with van der Waals surface area (Å²) < 4.78 is 15.5. The lowest BCUT2D eigenvalue weighted by molar-refractivity contribution is -0.135. The Morgan fingerprint density at radius 1 is 1.12 bits per heavy atom. The molecule has 0 saturated heterocycles. The molecule has 0 radical (unpaired) electrons. The summed E-state index contributed by atoms with van der Waals surface area (Å²) >= 11 is 0. The number of ether oxygens (including phenoxy) is 3. The second-order valence-corrected chi connectivity index (χ2v) is 5.93. The first-order valence-corrected chi connectivity index (χ1v) is 7.89. The maximum Gasteiger partial charge on any atom is 0.312 e. The fourth-order valence-corrected chi connectivity index (χ4v) is 3.13. The van der Waals surface area contributed by atoms with Gasteiger partial charge in [-0.2, -0.15) is 0 Å². The summed E-state index contributed by atoms with van der Waals surface area (Å²) in [6.45, 7) is 1.35. The van der Waals surface area contributed by atoms with Crippen LogP contribution in [0.5, 0.6) is 28.7 Å². The minimum Gasteiger partial charge on any atom is -0.507 e. The molecule has 0 amide bonds. The molecule has 1 aliphatic rings. The average Bonchev–Trinajstić information content (AvgIpc) is 2.61. The number of fused-ring (bicyclic) bond motifs is 1. The normalized spacial score (nSPS) is 15.8. The molecular weight excluding hydrogens is 340 g/mol. The fourth-order valence-electron chi connectivity index (χ4n) is 3.13. The van der Waals surface area contributed by atoms with E-state index in [0.29, 0.717) is 11.1 Å². The summed E-state index contributed by atoms with van der Waals surface area (Å²) in [7, 11) is 2.79. The Bertz CT molecular complexity index is 876. The summed E-state index contributed by atoms with van der Waals surface area (Å²) in [5, 5.41) is 20.7. The zero-order chi connectivity index (χ0) is 19.0. The highest BCUT2D eigenvalue weighted by atomic mass is 16.5. The Labute approximate surface area is 149 Å². The van der Waals surface area contributed by atoms with Gasteiger partial charge in [-0.25, -0.2) is 0 Å². The van der Waals surface area contributed by atoms with Crippen LogP contribution in [-0.2, 0) is 4.79 Å². The smallest absolute Gasteiger partial charge is 0.312 e. The Morgan fingerprint density at radius 3 is 2.27 bits per heavy atom. The lowest BCUT2D eigenvalue weighted by Gasteiger charge is -2.27. The summed E-state index contributed by atoms with van der Waals surface area (Å²) in [4.78, 5) is 23.8. The van der Waals surface area contributed by atoms with Gasteiger partial charge in [-0.15, -0.1) is 0 Å². The number of methoxy groups -OCH3 is 2. The van der Waals surface area contributed by atoms with E-state index >= 15 is 0 Å². The average molecular weight is 358 g/mol. The number of benzene rings is 2. The highest BCUT2D eigenvalue weighted by Crippen LogP contribution is 2.48. The van der Waals surface area contributed by atoms with E-state index in [1.165, 1.54) is 33.3 Å². The van der Waals surface area contributed by atoms with Crippen molar-refractivity contribution in [3.63, 3.8) is 0 Å². The van der Waals surface area contributed by atoms with Crippen LogP contribution in [0.15, 0.2) is 24.3 Å². The van der Waals surface area contributed by atoms with Gasteiger partial charge in [0.2, 0.25) is 5.75 Å². The topological polar surface area (TPSA) is 102 Å². The maximum atomic E-state index is 12.0. The van der Waals surface area contributed by atoms with Gasteiger partial charge >= 0.3 is 5.97 Å². The molecule has 0 spiro atoms. The predicted molar refractivity (Wildman–Crippen MR) is 91.4 cm³/mol. The summed E-state index contributed by atoms with van der Waals surface area (Å²) in [5.41, 5.74) is 1.06. The van der Waals surface area contributed by atoms with E-state index in [4.69, 9.17) is 14.2 Å². The van der Waals surface area contributed by atoms with Gasteiger partial charge in [0.1, 0.15) is 11.5 Å². The van der Waals surface area contributed by atoms with Crippen molar-refractivity contribution in [1.29, 1.82) is 0 Å². The van der Waals surface area contributed by atoms with Crippen molar-refractivity contribution < 1.29 is 34.0 Å². The monoisotopic (exact) mass is 358 g/mol. The number of phenolic OH excluding ortho intramolecular Hbond substituents is 2. The van der Waals surface area contributed by atoms with Crippen LogP contribution in [0, 0.1) is 0 Å². The largest absolute Gasteiger partial charge is 0.507 e. The third kappa shape index (κ3) is 2.81. The standard InChI is InChI=1S/C19H18O7/c1-9(20)11-4-5-13-17(18(11)22)12(8-16(21)26-13)10-6-14(24-2)19(23)15(7-10)25-3/h4-7,12,22-23H,8H2,1-3H3/t12-/m1/s1. The summed E-state index contributed by atoms with van der Waals surface area (Å²) in [5.74, 6) is -1.22. The van der Waals surface area contributed by atoms with Crippen molar-refractivity contribution >= 4 is 11.8 Å². The van der Waals surface area contributed by atoms with Crippen LogP contribution in [0.2, 0.25) is 0 Å². The number of rotatable bonds is 4. The maximum absolute atomic E-state index is 12.0. The van der Waals surface area contributed by atoms with E-state index in [1.54, 1.807) is 12.1 Å². The molecule has 7 heteroatoms. The predicted octanol–water partition coefficient (Wildman–Crippen LogP) is 2.76. The highest BCUT2D eigenvalue weighted by Gasteiger charge is 2.33. The van der Waals surface area contributed by atoms with Gasteiger partial charge in [0.05, 0.1) is 26.2 Å². The number of Topliss-reactive ketones (excluding diaryl/α,β-unsaturated/α-hetero) is 1. The van der Waals surface area contributed by atoms with E-state index in [-0.39, 0.29) is 46.5 Å². The van der Waals surface area contributed by atoms with E-state index in [1.807, 2.05) is 0 Å². The molecule has 1 heterocycles. The van der Waals surface area contributed by atoms with Crippen molar-refractivity contribution in [2.75, 3.05) is 14.2 Å². The molecule has 3 rings (SSSR count). The van der Waals surface area contributed by atoms with Crippen molar-refractivity contribution in [3.05, 3.63) is 41.0 Å². The molecule has 0 aromatic heterocycles. The molecule has 0 bridgehead atoms. The Kier molecular flexibility index (Phi) is 4.46. The molecule has 2 N–H and O–H groups in total. The highest BCUT2D eigenvalue weighted by molar-refractivity contribution is 5.98. The molecule has 0 fully saturated rings. The SMILES string of the molecule is COc1cc([C@H]2CC(=O)Oc3ccc(C(C)=O)c(O)c32)cc(OC)c1O. The molecule has 0 aliphatic carbocycles.